The van der Waals surface area contributed by atoms with Crippen molar-refractivity contribution in [3.8, 4) is 0 Å². The van der Waals surface area contributed by atoms with Gasteiger partial charge in [0.2, 0.25) is 0 Å². The lowest BCUT2D eigenvalue weighted by molar-refractivity contribution is 1.42. The van der Waals surface area contributed by atoms with E-state index in [9.17, 15) is 0 Å². The van der Waals surface area contributed by atoms with Crippen molar-refractivity contribution in [1.82, 2.24) is 0 Å². The predicted molar refractivity (Wildman–Crippen MR) is 308 cm³/mol. The average Bonchev–Trinajstić information content (AvgIpc) is 3.33. The average molecular weight is 824 g/mol. The summed E-state index contributed by atoms with van der Waals surface area (Å²) in [7, 11) is 0. The molecule has 0 bridgehead atoms. The number of rotatable bonds is 0. The Hall–Kier alpha value is -2.60. The lowest BCUT2D eigenvalue weighted by Crippen LogP contribution is -1.62. The van der Waals surface area contributed by atoms with Gasteiger partial charge in [0.1, 0.15) is 0 Å². The third-order valence-corrected chi connectivity index (χ3v) is 0.940. The van der Waals surface area contributed by atoms with Crippen LogP contribution in [0.3, 0.4) is 0 Å². The van der Waals surface area contributed by atoms with Gasteiger partial charge >= 0.3 is 0 Å². The van der Waals surface area contributed by atoms with Crippen molar-refractivity contribution in [3.05, 3.63) is 125 Å². The van der Waals surface area contributed by atoms with Crippen molar-refractivity contribution < 1.29 is 0 Å². The summed E-state index contributed by atoms with van der Waals surface area (Å²) < 4.78 is 0. The smallest absolute Gasteiger partial charge is 0.0398 e. The molecule has 0 nitrogen and oxygen atoms in total. The second-order valence-electron chi connectivity index (χ2n) is 5.28. The van der Waals surface area contributed by atoms with Gasteiger partial charge in [0.25, 0.3) is 0 Å². The molecule has 0 unspecified atom stereocenters. The molecule has 0 spiro atoms. The molecule has 0 radical (unpaired) electrons. The van der Waals surface area contributed by atoms with E-state index in [1.807, 2.05) is 267 Å². The zero-order chi connectivity index (χ0) is 53.8. The van der Waals surface area contributed by atoms with E-state index in [0.29, 0.717) is 0 Å². The minimum Gasteiger partial charge on any atom is -0.106 e. The monoisotopic (exact) mass is 823 g/mol. The molecule has 1 rings (SSSR count). The molecule has 0 heteroatoms. The first-order valence-corrected chi connectivity index (χ1v) is 23.5. The van der Waals surface area contributed by atoms with E-state index >= 15 is 0 Å². The van der Waals surface area contributed by atoms with E-state index in [0.717, 1.165) is 0 Å². The lowest BCUT2D eigenvalue weighted by Gasteiger charge is -1.82. The van der Waals surface area contributed by atoms with Crippen molar-refractivity contribution in [1.29, 1.82) is 0 Å². The molecule has 0 saturated heterocycles. The molecule has 0 N–H and O–H groups in total. The minimum atomic E-state index is 1.17. The summed E-state index contributed by atoms with van der Waals surface area (Å²) in [5.74, 6) is 0. The van der Waals surface area contributed by atoms with Crippen LogP contribution in [-0.2, 0) is 0 Å². The van der Waals surface area contributed by atoms with E-state index in [2.05, 4.69) is 91.4 Å². The van der Waals surface area contributed by atoms with Gasteiger partial charge in [0.15, 0.2) is 0 Å². The summed E-state index contributed by atoms with van der Waals surface area (Å²) in [6.07, 6.45) is 0. The van der Waals surface area contributed by atoms with Crippen LogP contribution in [0.1, 0.15) is 255 Å². The van der Waals surface area contributed by atoms with Crippen LogP contribution in [0.15, 0.2) is 119 Å². The Kier molecular flexibility index (Phi) is 1830. The fourth-order valence-electron chi connectivity index (χ4n) is 0.534. The molecule has 0 atom stereocenters. The van der Waals surface area contributed by atoms with Crippen LogP contribution in [0.25, 0.3) is 0 Å². The van der Waals surface area contributed by atoms with E-state index in [1.54, 1.807) is 0 Å². The molecule has 0 aromatic heterocycles. The summed E-state index contributed by atoms with van der Waals surface area (Å²) in [5, 5.41) is 0. The molecule has 0 aliphatic rings. The molecule has 0 aliphatic heterocycles. The molecular formula is C57H138. The Morgan fingerprint density at radius 1 is 0.246 bits per heavy atom. The maximum Gasteiger partial charge on any atom is -0.0398 e. The number of allylic oxidation sites excluding steroid dienone is 3. The number of benzene rings is 1. The summed E-state index contributed by atoms with van der Waals surface area (Å²) >= 11 is 0. The molecule has 0 aliphatic carbocycles. The lowest BCUT2D eigenvalue weighted by atomic mass is 10.2. The molecule has 0 heterocycles. The number of aryl methyl sites for hydroxylation is 1. The molecule has 0 fully saturated rings. The Morgan fingerprint density at radius 3 is 0.351 bits per heavy atom. The van der Waals surface area contributed by atoms with Crippen LogP contribution in [0.5, 0.6) is 0 Å². The fraction of sp³-hybridized carbons (Fsp3) is 0.649. The summed E-state index contributed by atoms with van der Waals surface area (Å²) in [5.41, 5.74) is 4.82. The maximum absolute atomic E-state index is 3.56. The Morgan fingerprint density at radius 2 is 0.316 bits per heavy atom. The summed E-state index contributed by atoms with van der Waals surface area (Å²) in [6, 6.07) is 10.3. The second-order valence-corrected chi connectivity index (χ2v) is 5.28. The highest BCUT2D eigenvalue weighted by Gasteiger charge is 1.72. The number of hydrogen-bond donors (Lipinski definition) is 0. The number of hydrogen-bond acceptors (Lipinski definition) is 0. The highest BCUT2D eigenvalue weighted by Crippen LogP contribution is 1.92. The molecular weight excluding hydrogens is 685 g/mol. The van der Waals surface area contributed by atoms with Gasteiger partial charge in [0.05, 0.1) is 0 Å². The van der Waals surface area contributed by atoms with Gasteiger partial charge in [-0.15, -0.1) is 72.4 Å². The molecule has 0 amide bonds. The molecule has 0 saturated carbocycles. The van der Waals surface area contributed by atoms with Gasteiger partial charge in [-0.3, -0.25) is 0 Å². The Bertz CT molecular complexity index is 347. The van der Waals surface area contributed by atoms with Gasteiger partial charge in [-0.05, 0) is 48.5 Å². The molecule has 1 aromatic carbocycles. The molecule has 1 aromatic rings. The normalized spacial score (nSPS) is 4.30. The van der Waals surface area contributed by atoms with Gasteiger partial charge < -0.3 is 0 Å². The van der Waals surface area contributed by atoms with Crippen LogP contribution in [0.2, 0.25) is 0 Å². The Balaban J connectivity index is -0.0000000115. The van der Waals surface area contributed by atoms with Crippen molar-refractivity contribution in [2.75, 3.05) is 0 Å². The highest BCUT2D eigenvalue weighted by molar-refractivity contribution is 5.11. The quantitative estimate of drug-likeness (QED) is 0.229. The van der Waals surface area contributed by atoms with Gasteiger partial charge in [-0.2, -0.15) is 0 Å². The van der Waals surface area contributed by atoms with E-state index in [1.165, 1.54) is 22.3 Å². The Labute approximate surface area is 379 Å². The summed E-state index contributed by atoms with van der Waals surface area (Å²) in [6.45, 7) is 109. The van der Waals surface area contributed by atoms with Crippen molar-refractivity contribution in [3.63, 3.8) is 0 Å². The van der Waals surface area contributed by atoms with Gasteiger partial charge in [-0.25, -0.2) is 0 Å². The fourth-order valence-corrected chi connectivity index (χ4v) is 0.534. The van der Waals surface area contributed by atoms with E-state index in [-0.39, 0.29) is 0 Å². The van der Waals surface area contributed by atoms with Crippen LogP contribution >= 0.6 is 0 Å². The standard InChI is InChI=1S/C7H8.3C4H8.15C2H6.4C2H4/c1-7-5-3-2-4-6-7;3*1-4(2)3;19*1-2/h2-6H,1H3;3*1H2,2-3H3;15*1-2H3;4*1-2H2. The van der Waals surface area contributed by atoms with Crippen molar-refractivity contribution in [2.45, 2.75) is 256 Å². The van der Waals surface area contributed by atoms with Crippen molar-refractivity contribution in [2.24, 2.45) is 0 Å². The first kappa shape index (κ1) is 148. The third-order valence-electron chi connectivity index (χ3n) is 0.940. The molecule has 57 heavy (non-hydrogen) atoms. The van der Waals surface area contributed by atoms with Gasteiger partial charge in [0, 0.05) is 0 Å². The first-order valence-electron chi connectivity index (χ1n) is 23.5. The zero-order valence-electron chi connectivity index (χ0n) is 49.7. The third kappa shape index (κ3) is 4840. The van der Waals surface area contributed by atoms with E-state index in [4.69, 9.17) is 0 Å². The minimum absolute atomic E-state index is 1.17. The van der Waals surface area contributed by atoms with Crippen LogP contribution in [-0.4, -0.2) is 0 Å². The zero-order valence-corrected chi connectivity index (χ0v) is 49.7. The highest BCUT2D eigenvalue weighted by atomic mass is 13.8. The van der Waals surface area contributed by atoms with Gasteiger partial charge in [-0.1, -0.05) is 260 Å². The van der Waals surface area contributed by atoms with Crippen LogP contribution in [0.4, 0.5) is 0 Å². The SMILES string of the molecule is C=C.C=C.C=C.C=C.C=C(C)C.C=C(C)C.C=C(C)C.CC.CC.CC.CC.CC.CC.CC.CC.CC.CC.CC.CC.CC.CC.CC.Cc1ccccc1. The second kappa shape index (κ2) is 707. The summed E-state index contributed by atoms with van der Waals surface area (Å²) in [4.78, 5) is 0. The van der Waals surface area contributed by atoms with Crippen LogP contribution in [0, 0.1) is 6.92 Å². The van der Waals surface area contributed by atoms with Crippen molar-refractivity contribution >= 4 is 0 Å². The van der Waals surface area contributed by atoms with Crippen LogP contribution < -0.4 is 0 Å². The van der Waals surface area contributed by atoms with E-state index < -0.39 is 0 Å². The largest absolute Gasteiger partial charge is 0.106 e. The molecule has 366 valence electrons. The predicted octanol–water partition coefficient (Wildman–Crippen LogP) is 25.3. The maximum atomic E-state index is 3.56. The first-order chi connectivity index (χ1) is 27.6. The topological polar surface area (TPSA) is 0 Å².